The first kappa shape index (κ1) is 11.9. The fourth-order valence-corrected chi connectivity index (χ4v) is 1.21. The predicted octanol–water partition coefficient (Wildman–Crippen LogP) is 2.19. The Kier molecular flexibility index (Phi) is 5.51. The van der Waals surface area contributed by atoms with Crippen molar-refractivity contribution in [3.63, 3.8) is 0 Å². The summed E-state index contributed by atoms with van der Waals surface area (Å²) in [5.41, 5.74) is 0. The lowest BCUT2D eigenvalue weighted by atomic mass is 10.2. The van der Waals surface area contributed by atoms with Crippen molar-refractivity contribution in [2.45, 2.75) is 65.8 Å². The van der Waals surface area contributed by atoms with E-state index >= 15 is 0 Å². The SMILES string of the molecule is CC(C)NC(C)C(C)OC(C)C. The van der Waals surface area contributed by atoms with E-state index in [0.717, 1.165) is 0 Å². The van der Waals surface area contributed by atoms with E-state index in [1.807, 2.05) is 0 Å². The Balaban J connectivity index is 3.68. The fraction of sp³-hybridized carbons (Fsp3) is 1.00. The van der Waals surface area contributed by atoms with Gasteiger partial charge < -0.3 is 10.1 Å². The molecule has 0 amide bonds. The largest absolute Gasteiger partial charge is 0.374 e. The van der Waals surface area contributed by atoms with Gasteiger partial charge in [0.1, 0.15) is 0 Å². The highest BCUT2D eigenvalue weighted by Crippen LogP contribution is 2.02. The van der Waals surface area contributed by atoms with Gasteiger partial charge in [-0.1, -0.05) is 13.8 Å². The molecule has 0 bridgehead atoms. The molecule has 0 radical (unpaired) electrons. The van der Waals surface area contributed by atoms with E-state index in [1.54, 1.807) is 0 Å². The molecule has 0 saturated carbocycles. The van der Waals surface area contributed by atoms with E-state index in [2.05, 4.69) is 46.9 Å². The van der Waals surface area contributed by atoms with Crippen LogP contribution in [0.2, 0.25) is 0 Å². The van der Waals surface area contributed by atoms with Gasteiger partial charge in [0.15, 0.2) is 0 Å². The van der Waals surface area contributed by atoms with Crippen LogP contribution in [0.5, 0.6) is 0 Å². The topological polar surface area (TPSA) is 21.3 Å². The van der Waals surface area contributed by atoms with Crippen LogP contribution in [0.1, 0.15) is 41.5 Å². The van der Waals surface area contributed by atoms with Crippen LogP contribution in [0.4, 0.5) is 0 Å². The molecule has 0 aliphatic rings. The maximum atomic E-state index is 5.65. The summed E-state index contributed by atoms with van der Waals surface area (Å²) in [6.07, 6.45) is 0.601. The molecule has 2 unspecified atom stereocenters. The normalized spacial score (nSPS) is 17.0. The van der Waals surface area contributed by atoms with Crippen molar-refractivity contribution in [3.8, 4) is 0 Å². The lowest BCUT2D eigenvalue weighted by molar-refractivity contribution is -0.000664. The minimum atomic E-state index is 0.285. The number of rotatable bonds is 5. The van der Waals surface area contributed by atoms with Crippen LogP contribution in [0, 0.1) is 0 Å². The van der Waals surface area contributed by atoms with Crippen LogP contribution in [0.15, 0.2) is 0 Å². The molecule has 1 N–H and O–H groups in total. The zero-order valence-corrected chi connectivity index (χ0v) is 9.22. The van der Waals surface area contributed by atoms with Crippen LogP contribution in [0.25, 0.3) is 0 Å². The molecule has 74 valence electrons. The monoisotopic (exact) mass is 173 g/mol. The first-order valence-corrected chi connectivity index (χ1v) is 4.85. The van der Waals surface area contributed by atoms with E-state index in [0.29, 0.717) is 18.2 Å². The lowest BCUT2D eigenvalue weighted by Gasteiger charge is -2.25. The second kappa shape index (κ2) is 5.55. The summed E-state index contributed by atoms with van der Waals surface area (Å²) < 4.78 is 5.65. The smallest absolute Gasteiger partial charge is 0.0700 e. The third kappa shape index (κ3) is 5.56. The average molecular weight is 173 g/mol. The molecule has 0 aliphatic carbocycles. The van der Waals surface area contributed by atoms with E-state index in [4.69, 9.17) is 4.74 Å². The standard InChI is InChI=1S/C10H23NO/c1-7(2)11-9(5)10(6)12-8(3)4/h7-11H,1-6H3. The second-order valence-electron chi connectivity index (χ2n) is 4.00. The molecule has 0 aliphatic heterocycles. The van der Waals surface area contributed by atoms with Gasteiger partial charge in [0.2, 0.25) is 0 Å². The van der Waals surface area contributed by atoms with Crippen molar-refractivity contribution >= 4 is 0 Å². The Morgan fingerprint density at radius 2 is 1.42 bits per heavy atom. The highest BCUT2D eigenvalue weighted by molar-refractivity contribution is 4.70. The zero-order valence-electron chi connectivity index (χ0n) is 9.22. The molecule has 0 fully saturated rings. The summed E-state index contributed by atoms with van der Waals surface area (Å²) in [5, 5.41) is 3.42. The molecular weight excluding hydrogens is 150 g/mol. The van der Waals surface area contributed by atoms with E-state index < -0.39 is 0 Å². The molecule has 0 aromatic heterocycles. The van der Waals surface area contributed by atoms with Gasteiger partial charge in [0, 0.05) is 12.1 Å². The number of ether oxygens (including phenoxy) is 1. The predicted molar refractivity (Wildman–Crippen MR) is 53.4 cm³/mol. The molecule has 0 spiro atoms. The summed E-state index contributed by atoms with van der Waals surface area (Å²) in [4.78, 5) is 0. The van der Waals surface area contributed by atoms with Crippen LogP contribution in [0.3, 0.4) is 0 Å². The van der Waals surface area contributed by atoms with Crippen molar-refractivity contribution in [2.24, 2.45) is 0 Å². The molecular formula is C10H23NO. The Bertz CT molecular complexity index is 98.4. The molecule has 0 saturated heterocycles. The van der Waals surface area contributed by atoms with Crippen molar-refractivity contribution < 1.29 is 4.74 Å². The fourth-order valence-electron chi connectivity index (χ4n) is 1.21. The minimum absolute atomic E-state index is 0.285. The van der Waals surface area contributed by atoms with Gasteiger partial charge in [0.05, 0.1) is 12.2 Å². The molecule has 2 heteroatoms. The number of hydrogen-bond acceptors (Lipinski definition) is 2. The van der Waals surface area contributed by atoms with E-state index in [9.17, 15) is 0 Å². The molecule has 0 rings (SSSR count). The number of nitrogens with one attached hydrogen (secondary N) is 1. The van der Waals surface area contributed by atoms with Gasteiger partial charge >= 0.3 is 0 Å². The number of hydrogen-bond donors (Lipinski definition) is 1. The first-order chi connectivity index (χ1) is 5.43. The summed E-state index contributed by atoms with van der Waals surface area (Å²) in [5.74, 6) is 0. The van der Waals surface area contributed by atoms with Gasteiger partial charge in [-0.05, 0) is 27.7 Å². The van der Waals surface area contributed by atoms with Crippen LogP contribution < -0.4 is 5.32 Å². The van der Waals surface area contributed by atoms with Gasteiger partial charge in [-0.15, -0.1) is 0 Å². The Hall–Kier alpha value is -0.0800. The summed E-state index contributed by atoms with van der Waals surface area (Å²) in [7, 11) is 0. The third-order valence-electron chi connectivity index (χ3n) is 1.79. The lowest BCUT2D eigenvalue weighted by Crippen LogP contribution is -2.41. The van der Waals surface area contributed by atoms with Crippen molar-refractivity contribution in [1.29, 1.82) is 0 Å². The Morgan fingerprint density at radius 3 is 1.75 bits per heavy atom. The molecule has 0 aromatic carbocycles. The van der Waals surface area contributed by atoms with Gasteiger partial charge in [-0.2, -0.15) is 0 Å². The highest BCUT2D eigenvalue weighted by atomic mass is 16.5. The Morgan fingerprint density at radius 1 is 0.917 bits per heavy atom. The van der Waals surface area contributed by atoms with Gasteiger partial charge in [-0.3, -0.25) is 0 Å². The summed E-state index contributed by atoms with van der Waals surface area (Å²) in [6, 6.07) is 0.950. The second-order valence-corrected chi connectivity index (χ2v) is 4.00. The summed E-state index contributed by atoms with van der Waals surface area (Å²) >= 11 is 0. The van der Waals surface area contributed by atoms with E-state index in [-0.39, 0.29) is 6.10 Å². The molecule has 2 nitrogen and oxygen atoms in total. The van der Waals surface area contributed by atoms with Crippen LogP contribution in [-0.2, 0) is 4.74 Å². The Labute approximate surface area is 76.7 Å². The maximum absolute atomic E-state index is 5.65. The molecule has 0 heterocycles. The minimum Gasteiger partial charge on any atom is -0.374 e. The summed E-state index contributed by atoms with van der Waals surface area (Å²) in [6.45, 7) is 12.7. The van der Waals surface area contributed by atoms with Crippen molar-refractivity contribution in [3.05, 3.63) is 0 Å². The van der Waals surface area contributed by atoms with Crippen LogP contribution >= 0.6 is 0 Å². The highest BCUT2D eigenvalue weighted by Gasteiger charge is 2.13. The third-order valence-corrected chi connectivity index (χ3v) is 1.79. The molecule has 12 heavy (non-hydrogen) atoms. The zero-order chi connectivity index (χ0) is 9.72. The van der Waals surface area contributed by atoms with Gasteiger partial charge in [-0.25, -0.2) is 0 Å². The first-order valence-electron chi connectivity index (χ1n) is 4.85. The maximum Gasteiger partial charge on any atom is 0.0700 e. The van der Waals surface area contributed by atoms with Crippen molar-refractivity contribution in [1.82, 2.24) is 5.32 Å². The van der Waals surface area contributed by atoms with Crippen molar-refractivity contribution in [2.75, 3.05) is 0 Å². The van der Waals surface area contributed by atoms with E-state index in [1.165, 1.54) is 0 Å². The van der Waals surface area contributed by atoms with Gasteiger partial charge in [0.25, 0.3) is 0 Å². The molecule has 2 atom stereocenters. The van der Waals surface area contributed by atoms with Crippen LogP contribution in [-0.4, -0.2) is 24.3 Å². The molecule has 0 aromatic rings. The quantitative estimate of drug-likeness (QED) is 0.688. The average Bonchev–Trinajstić information content (AvgIpc) is 1.84.